The first-order valence-corrected chi connectivity index (χ1v) is 13.2. The Balaban J connectivity index is 4.29. The van der Waals surface area contributed by atoms with Crippen LogP contribution in [0.5, 0.6) is 0 Å². The number of hydrogen-bond donors (Lipinski definition) is 0. The van der Waals surface area contributed by atoms with Crippen LogP contribution in [0.25, 0.3) is 10.4 Å². The van der Waals surface area contributed by atoms with E-state index in [2.05, 4.69) is 5.11 Å². The molecular weight excluding hydrogens is 964 g/mol. The van der Waals surface area contributed by atoms with Crippen LogP contribution in [0, 0.1) is 0 Å². The van der Waals surface area contributed by atoms with E-state index in [0.717, 1.165) is 0 Å². The quantitative estimate of drug-likeness (QED) is 0.0686. The van der Waals surface area contributed by atoms with Gasteiger partial charge in [-0.15, -0.1) is 0 Å². The summed E-state index contributed by atoms with van der Waals surface area (Å²) in [6.45, 7) is -2.31. The van der Waals surface area contributed by atoms with Crippen LogP contribution in [0.2, 0.25) is 0 Å². The zero-order valence-electron chi connectivity index (χ0n) is 26.1. The highest BCUT2D eigenvalue weighted by molar-refractivity contribution is 5.39. The molecule has 0 aliphatic carbocycles. The van der Waals surface area contributed by atoms with Crippen LogP contribution < -0.4 is 0 Å². The highest BCUT2D eigenvalue weighted by Gasteiger charge is 2.97. The van der Waals surface area contributed by atoms with Gasteiger partial charge in [0.2, 0.25) is 0 Å². The normalized spacial score (nSPS) is 16.2. The third-order valence-corrected chi connectivity index (χ3v) is 7.48. The molecule has 0 aliphatic rings. The Bertz CT molecular complexity index is 1680. The van der Waals surface area contributed by atoms with Crippen molar-refractivity contribution < 1.29 is 149 Å². The van der Waals surface area contributed by atoms with Crippen LogP contribution in [-0.4, -0.2) is 83.4 Å². The first-order valence-electron chi connectivity index (χ1n) is 13.2. The van der Waals surface area contributed by atoms with Crippen molar-refractivity contribution in [1.82, 2.24) is 0 Å². The van der Waals surface area contributed by atoms with Gasteiger partial charge in [-0.2, -0.15) is 149 Å². The second kappa shape index (κ2) is 14.1. The molecule has 1 aromatic rings. The highest BCUT2D eigenvalue weighted by Crippen LogP contribution is 2.67. The van der Waals surface area contributed by atoms with Gasteiger partial charge in [-0.3, -0.25) is 0 Å². The molecule has 0 saturated heterocycles. The summed E-state index contributed by atoms with van der Waals surface area (Å²) in [5.74, 6) is -126. The van der Waals surface area contributed by atoms with E-state index in [1.54, 1.807) is 4.91 Å². The zero-order valence-corrected chi connectivity index (χ0v) is 26.1. The summed E-state index contributed by atoms with van der Waals surface area (Å²) in [6.07, 6.45) is -16.5. The molecule has 0 atom stereocenters. The van der Waals surface area contributed by atoms with E-state index in [0.29, 0.717) is 0 Å². The Kier molecular flexibility index (Phi) is 12.7. The molecule has 350 valence electrons. The molecule has 37 heteroatoms. The van der Waals surface area contributed by atoms with Gasteiger partial charge in [0.05, 0.1) is 6.54 Å². The molecule has 3 nitrogen and oxygen atoms in total. The number of hydrogen-bond acceptors (Lipinski definition) is 1. The third kappa shape index (κ3) is 6.79. The molecule has 0 unspecified atom stereocenters. The van der Waals surface area contributed by atoms with Gasteiger partial charge in [-0.05, 0) is 29.3 Å². The Hall–Kier alpha value is -3.85. The number of nitrogens with zero attached hydrogens (tertiary/aromatic N) is 3. The molecule has 0 bridgehead atoms. The number of alkyl halides is 34. The lowest BCUT2D eigenvalue weighted by atomic mass is 9.84. The van der Waals surface area contributed by atoms with Crippen LogP contribution in [0.1, 0.15) is 16.7 Å². The minimum atomic E-state index is -9.42. The SMILES string of the molecule is [N-]=[N+]=NCc1cc(C(F)(F)C(F)(F)C(F)(F)C(F)(F)C(F)(F)C(F)(F)C(F)(F)C(F)(F)F)cc(C(F)(F)C(F)(F)C(F)(F)C(F)(F)C(F)(F)C(F)(F)C(F)(F)C(F)(F)F)c1. The van der Waals surface area contributed by atoms with E-state index in [-0.39, 0.29) is 0 Å². The average molecular weight is 969 g/mol. The fraction of sp³-hybridized carbons (Fsp3) is 0.739. The van der Waals surface area contributed by atoms with Gasteiger partial charge in [0.1, 0.15) is 0 Å². The standard InChI is InChI=1S/C23H5F34N3/c24-8(25,10(28,29)12(32,33)14(36,37)16(40,41)18(44,45)20(48,49)22(52,53)54)6-1-5(4-59-60-58)2-7(3-6)9(26,27)11(30,31)13(34,35)15(38,39)17(42,43)19(46,47)21(50,51)23(55,56)57/h1-3H,4H2. The lowest BCUT2D eigenvalue weighted by Crippen LogP contribution is -2.74. The van der Waals surface area contributed by atoms with E-state index in [1.807, 2.05) is 0 Å². The van der Waals surface area contributed by atoms with Crippen LogP contribution in [0.3, 0.4) is 0 Å². The van der Waals surface area contributed by atoms with Crippen molar-refractivity contribution in [2.75, 3.05) is 0 Å². The summed E-state index contributed by atoms with van der Waals surface area (Å²) in [5.41, 5.74) is -2.36. The molecule has 0 spiro atoms. The van der Waals surface area contributed by atoms with Crippen LogP contribution in [-0.2, 0) is 18.4 Å². The van der Waals surface area contributed by atoms with E-state index in [9.17, 15) is 149 Å². The molecule has 0 N–H and O–H groups in total. The van der Waals surface area contributed by atoms with Crippen molar-refractivity contribution >= 4 is 0 Å². The fourth-order valence-corrected chi connectivity index (χ4v) is 3.95. The van der Waals surface area contributed by atoms with E-state index in [4.69, 9.17) is 5.53 Å². The van der Waals surface area contributed by atoms with Gasteiger partial charge in [0.15, 0.2) is 0 Å². The second-order valence-electron chi connectivity index (χ2n) is 11.3. The summed E-state index contributed by atoms with van der Waals surface area (Å²) in [7, 11) is 0. The number of halogens is 34. The van der Waals surface area contributed by atoms with Gasteiger partial charge < -0.3 is 0 Å². The Morgan fingerprint density at radius 2 is 0.517 bits per heavy atom. The van der Waals surface area contributed by atoms with E-state index in [1.165, 1.54) is 0 Å². The lowest BCUT2D eigenvalue weighted by Gasteiger charge is -2.43. The predicted octanol–water partition coefficient (Wildman–Crippen LogP) is 13.4. The minimum absolute atomic E-state index is 1.38. The van der Waals surface area contributed by atoms with Crippen molar-refractivity contribution in [2.24, 2.45) is 5.11 Å². The van der Waals surface area contributed by atoms with Gasteiger partial charge in [-0.1, -0.05) is 5.11 Å². The van der Waals surface area contributed by atoms with Crippen molar-refractivity contribution in [1.29, 1.82) is 0 Å². The first kappa shape index (κ1) is 54.2. The molecule has 0 radical (unpaired) electrons. The number of azide groups is 1. The molecule has 0 aliphatic heterocycles. The summed E-state index contributed by atoms with van der Waals surface area (Å²) in [4.78, 5) is 1.55. The number of benzene rings is 1. The minimum Gasteiger partial charge on any atom is -0.194 e. The molecule has 1 rings (SSSR count). The van der Waals surface area contributed by atoms with Crippen molar-refractivity contribution in [3.8, 4) is 0 Å². The zero-order chi connectivity index (χ0) is 49.0. The van der Waals surface area contributed by atoms with E-state index < -0.39 is 137 Å². The molecule has 0 saturated carbocycles. The molecular formula is C23H5F34N3. The Morgan fingerprint density at radius 3 is 0.717 bits per heavy atom. The van der Waals surface area contributed by atoms with Crippen LogP contribution in [0.4, 0.5) is 149 Å². The largest absolute Gasteiger partial charge is 0.460 e. The maximum absolute atomic E-state index is 14.9. The predicted molar refractivity (Wildman–Crippen MR) is 119 cm³/mol. The summed E-state index contributed by atoms with van der Waals surface area (Å²) in [5, 5.41) is 2.08. The van der Waals surface area contributed by atoms with Gasteiger partial charge >= 0.3 is 95.3 Å². The van der Waals surface area contributed by atoms with Gasteiger partial charge in [-0.25, -0.2) is 0 Å². The topological polar surface area (TPSA) is 48.8 Å². The van der Waals surface area contributed by atoms with Crippen molar-refractivity contribution in [2.45, 2.75) is 102 Å². The Labute approximate surface area is 302 Å². The summed E-state index contributed by atoms with van der Waals surface area (Å²) in [6, 6.07) is -5.03. The summed E-state index contributed by atoms with van der Waals surface area (Å²) < 4.78 is 465. The lowest BCUT2D eigenvalue weighted by molar-refractivity contribution is -0.463. The maximum atomic E-state index is 14.9. The molecule has 0 amide bonds. The van der Waals surface area contributed by atoms with E-state index >= 15 is 0 Å². The molecule has 1 aromatic carbocycles. The smallest absolute Gasteiger partial charge is 0.194 e. The van der Waals surface area contributed by atoms with Gasteiger partial charge in [0.25, 0.3) is 0 Å². The summed E-state index contributed by atoms with van der Waals surface area (Å²) >= 11 is 0. The molecule has 0 heterocycles. The second-order valence-corrected chi connectivity index (χ2v) is 11.3. The molecule has 60 heavy (non-hydrogen) atoms. The Morgan fingerprint density at radius 1 is 0.317 bits per heavy atom. The third-order valence-electron chi connectivity index (χ3n) is 7.48. The first-order chi connectivity index (χ1) is 25.6. The van der Waals surface area contributed by atoms with Crippen molar-refractivity contribution in [3.05, 3.63) is 45.3 Å². The highest BCUT2D eigenvalue weighted by atomic mass is 19.4. The fourth-order valence-electron chi connectivity index (χ4n) is 3.95. The van der Waals surface area contributed by atoms with Crippen LogP contribution >= 0.6 is 0 Å². The maximum Gasteiger partial charge on any atom is 0.460 e. The molecule has 0 fully saturated rings. The average Bonchev–Trinajstić information content (AvgIpc) is 3.04. The molecule has 0 aromatic heterocycles. The van der Waals surface area contributed by atoms with Crippen molar-refractivity contribution in [3.63, 3.8) is 0 Å². The van der Waals surface area contributed by atoms with Gasteiger partial charge in [0, 0.05) is 16.0 Å². The van der Waals surface area contributed by atoms with Crippen LogP contribution in [0.15, 0.2) is 23.3 Å². The number of rotatable bonds is 16. The monoisotopic (exact) mass is 969 g/mol.